The number of unbranched alkanes of at least 4 members (excludes halogenated alkanes) is 1. The van der Waals surface area contributed by atoms with Crippen LogP contribution < -0.4 is 5.73 Å². The fourth-order valence-electron chi connectivity index (χ4n) is 2.16. The van der Waals surface area contributed by atoms with Gasteiger partial charge in [0.2, 0.25) is 0 Å². The molecule has 4 heteroatoms. The van der Waals surface area contributed by atoms with Crippen molar-refractivity contribution in [2.24, 2.45) is 11.1 Å². The summed E-state index contributed by atoms with van der Waals surface area (Å²) in [7, 11) is -2.87. The molecule has 0 aliphatic carbocycles. The largest absolute Gasteiger partial charge is 0.330 e. The summed E-state index contributed by atoms with van der Waals surface area (Å²) in [5.74, 6) is 0.612. The quantitative estimate of drug-likeness (QED) is 0.659. The van der Waals surface area contributed by atoms with Gasteiger partial charge >= 0.3 is 0 Å². The molecule has 0 saturated heterocycles. The second-order valence-electron chi connectivity index (χ2n) is 5.06. The molecule has 0 aromatic heterocycles. The Kier molecular flexibility index (Phi) is 8.05. The lowest BCUT2D eigenvalue weighted by molar-refractivity contribution is 0.244. The first-order valence-electron chi connectivity index (χ1n) is 6.85. The van der Waals surface area contributed by atoms with Crippen molar-refractivity contribution in [3.05, 3.63) is 0 Å². The predicted octanol–water partition coefficient (Wildman–Crippen LogP) is 2.75. The summed E-state index contributed by atoms with van der Waals surface area (Å²) < 4.78 is 23.5. The molecule has 0 aliphatic heterocycles. The Labute approximate surface area is 107 Å². The van der Waals surface area contributed by atoms with E-state index in [1.165, 1.54) is 0 Å². The van der Waals surface area contributed by atoms with Gasteiger partial charge in [-0.3, -0.25) is 0 Å². The van der Waals surface area contributed by atoms with E-state index in [-0.39, 0.29) is 5.41 Å². The van der Waals surface area contributed by atoms with Crippen LogP contribution in [0.4, 0.5) is 0 Å². The van der Waals surface area contributed by atoms with Gasteiger partial charge in [-0.05, 0) is 37.6 Å². The molecule has 0 saturated carbocycles. The second kappa shape index (κ2) is 8.09. The third kappa shape index (κ3) is 6.41. The van der Waals surface area contributed by atoms with Crippen molar-refractivity contribution in [3.8, 4) is 0 Å². The fourth-order valence-corrected chi connectivity index (χ4v) is 3.73. The van der Waals surface area contributed by atoms with Crippen molar-refractivity contribution < 1.29 is 8.42 Å². The second-order valence-corrected chi connectivity index (χ2v) is 7.37. The van der Waals surface area contributed by atoms with Crippen LogP contribution in [0.1, 0.15) is 59.3 Å². The minimum absolute atomic E-state index is 0.0385. The molecule has 0 fully saturated rings. The molecule has 0 radical (unpaired) electrons. The van der Waals surface area contributed by atoms with Crippen LogP contribution in [-0.4, -0.2) is 26.5 Å². The van der Waals surface area contributed by atoms with Crippen molar-refractivity contribution in [3.63, 3.8) is 0 Å². The number of hydrogen-bond acceptors (Lipinski definition) is 3. The minimum Gasteiger partial charge on any atom is -0.330 e. The SMILES string of the molecule is CCCCC(CC)(CN)CCS(=O)(=O)CCC. The van der Waals surface area contributed by atoms with Gasteiger partial charge in [-0.25, -0.2) is 8.42 Å². The van der Waals surface area contributed by atoms with Gasteiger partial charge in [0, 0.05) is 5.75 Å². The van der Waals surface area contributed by atoms with Crippen LogP contribution in [0.2, 0.25) is 0 Å². The van der Waals surface area contributed by atoms with Crippen molar-refractivity contribution in [2.45, 2.75) is 59.3 Å². The zero-order chi connectivity index (χ0) is 13.4. The van der Waals surface area contributed by atoms with E-state index in [0.717, 1.165) is 32.1 Å². The molecule has 2 N–H and O–H groups in total. The molecule has 0 spiro atoms. The average Bonchev–Trinajstić information content (AvgIpc) is 2.30. The molecule has 0 bridgehead atoms. The summed E-state index contributed by atoms with van der Waals surface area (Å²) in [5, 5.41) is 0. The normalized spacial score (nSPS) is 15.8. The molecule has 104 valence electrons. The van der Waals surface area contributed by atoms with Gasteiger partial charge in [-0.2, -0.15) is 0 Å². The van der Waals surface area contributed by atoms with Gasteiger partial charge in [-0.15, -0.1) is 0 Å². The van der Waals surface area contributed by atoms with Gasteiger partial charge in [-0.1, -0.05) is 33.6 Å². The van der Waals surface area contributed by atoms with Crippen LogP contribution in [0.15, 0.2) is 0 Å². The number of rotatable bonds is 10. The highest BCUT2D eigenvalue weighted by molar-refractivity contribution is 7.91. The van der Waals surface area contributed by atoms with Gasteiger partial charge in [0.15, 0.2) is 0 Å². The zero-order valence-corrected chi connectivity index (χ0v) is 12.5. The van der Waals surface area contributed by atoms with Gasteiger partial charge < -0.3 is 5.73 Å². The highest BCUT2D eigenvalue weighted by Crippen LogP contribution is 2.32. The molecule has 1 unspecified atom stereocenters. The maximum absolute atomic E-state index is 11.7. The first-order valence-corrected chi connectivity index (χ1v) is 8.68. The Morgan fingerprint density at radius 2 is 1.65 bits per heavy atom. The predicted molar refractivity (Wildman–Crippen MR) is 74.9 cm³/mol. The Morgan fingerprint density at radius 1 is 1.00 bits per heavy atom. The lowest BCUT2D eigenvalue weighted by atomic mass is 9.78. The molecule has 17 heavy (non-hydrogen) atoms. The molecule has 1 atom stereocenters. The highest BCUT2D eigenvalue weighted by atomic mass is 32.2. The van der Waals surface area contributed by atoms with E-state index in [2.05, 4.69) is 13.8 Å². The standard InChI is InChI=1S/C13H29NO2S/c1-4-7-8-13(6-3,12-14)9-11-17(15,16)10-5-2/h4-12,14H2,1-3H3. The van der Waals surface area contributed by atoms with Crippen LogP contribution in [0.5, 0.6) is 0 Å². The van der Waals surface area contributed by atoms with E-state index >= 15 is 0 Å². The Hall–Kier alpha value is -0.0900. The Bertz CT molecular complexity index is 282. The monoisotopic (exact) mass is 263 g/mol. The van der Waals surface area contributed by atoms with E-state index in [0.29, 0.717) is 24.5 Å². The van der Waals surface area contributed by atoms with Gasteiger partial charge in [0.05, 0.1) is 5.75 Å². The summed E-state index contributed by atoms with van der Waals surface area (Å²) in [6.07, 6.45) is 5.74. The van der Waals surface area contributed by atoms with Crippen molar-refractivity contribution in [1.82, 2.24) is 0 Å². The number of nitrogens with two attached hydrogens (primary N) is 1. The molecule has 0 aromatic carbocycles. The maximum atomic E-state index is 11.7. The Morgan fingerprint density at radius 3 is 2.06 bits per heavy atom. The molecule has 0 heterocycles. The highest BCUT2D eigenvalue weighted by Gasteiger charge is 2.27. The van der Waals surface area contributed by atoms with Crippen molar-refractivity contribution >= 4 is 9.84 Å². The first-order chi connectivity index (χ1) is 7.95. The Balaban J connectivity index is 4.44. The molecular formula is C13H29NO2S. The van der Waals surface area contributed by atoms with E-state index in [1.807, 2.05) is 6.92 Å². The third-order valence-corrected chi connectivity index (χ3v) is 5.56. The van der Waals surface area contributed by atoms with Crippen LogP contribution in [-0.2, 0) is 9.84 Å². The van der Waals surface area contributed by atoms with Crippen molar-refractivity contribution in [1.29, 1.82) is 0 Å². The summed E-state index contributed by atoms with van der Waals surface area (Å²) >= 11 is 0. The van der Waals surface area contributed by atoms with E-state index in [4.69, 9.17) is 5.73 Å². The van der Waals surface area contributed by atoms with Crippen LogP contribution in [0.3, 0.4) is 0 Å². The van der Waals surface area contributed by atoms with Crippen LogP contribution >= 0.6 is 0 Å². The van der Waals surface area contributed by atoms with Crippen LogP contribution in [0, 0.1) is 5.41 Å². The minimum atomic E-state index is -2.87. The van der Waals surface area contributed by atoms with Crippen LogP contribution in [0.25, 0.3) is 0 Å². The maximum Gasteiger partial charge on any atom is 0.150 e. The molecule has 3 nitrogen and oxygen atoms in total. The zero-order valence-electron chi connectivity index (χ0n) is 11.7. The molecule has 0 aliphatic rings. The average molecular weight is 263 g/mol. The molecule has 0 rings (SSSR count). The van der Waals surface area contributed by atoms with Gasteiger partial charge in [0.25, 0.3) is 0 Å². The van der Waals surface area contributed by atoms with Gasteiger partial charge in [0.1, 0.15) is 9.84 Å². The topological polar surface area (TPSA) is 60.2 Å². The fraction of sp³-hybridized carbons (Fsp3) is 1.00. The summed E-state index contributed by atoms with van der Waals surface area (Å²) in [6.45, 7) is 6.79. The van der Waals surface area contributed by atoms with E-state index in [9.17, 15) is 8.42 Å². The summed E-state index contributed by atoms with van der Waals surface area (Å²) in [5.41, 5.74) is 5.91. The molecule has 0 amide bonds. The lowest BCUT2D eigenvalue weighted by Gasteiger charge is -2.31. The molecular weight excluding hydrogens is 234 g/mol. The first kappa shape index (κ1) is 16.9. The summed E-state index contributed by atoms with van der Waals surface area (Å²) in [4.78, 5) is 0. The smallest absolute Gasteiger partial charge is 0.150 e. The third-order valence-electron chi connectivity index (χ3n) is 3.70. The number of sulfone groups is 1. The van der Waals surface area contributed by atoms with E-state index in [1.54, 1.807) is 0 Å². The lowest BCUT2D eigenvalue weighted by Crippen LogP contribution is -2.32. The number of hydrogen-bond donors (Lipinski definition) is 1. The molecule has 0 aromatic rings. The van der Waals surface area contributed by atoms with Crippen molar-refractivity contribution in [2.75, 3.05) is 18.1 Å². The van der Waals surface area contributed by atoms with E-state index < -0.39 is 9.84 Å². The summed E-state index contributed by atoms with van der Waals surface area (Å²) in [6, 6.07) is 0.